The summed E-state index contributed by atoms with van der Waals surface area (Å²) in [5, 5.41) is 13.8. The van der Waals surface area contributed by atoms with Gasteiger partial charge in [0.2, 0.25) is 0 Å². The Hall–Kier alpha value is -1.06. The quantitative estimate of drug-likeness (QED) is 0.812. The highest BCUT2D eigenvalue weighted by atomic mass is 35.5. The fraction of sp³-hybridized carbons (Fsp3) is 0.632. The molecule has 2 fully saturated rings. The summed E-state index contributed by atoms with van der Waals surface area (Å²) >= 11 is 6.20. The van der Waals surface area contributed by atoms with Gasteiger partial charge in [-0.15, -0.1) is 0 Å². The van der Waals surface area contributed by atoms with Crippen molar-refractivity contribution in [1.29, 1.82) is 0 Å². The summed E-state index contributed by atoms with van der Waals surface area (Å²) in [7, 11) is 0. The van der Waals surface area contributed by atoms with Gasteiger partial charge in [-0.3, -0.25) is 4.79 Å². The van der Waals surface area contributed by atoms with Crippen LogP contribution in [0.1, 0.15) is 63.0 Å². The number of hydrogen-bond donors (Lipinski definition) is 2. The first kappa shape index (κ1) is 16.8. The molecule has 0 aliphatic heterocycles. The second kappa shape index (κ2) is 7.67. The minimum Gasteiger partial charge on any atom is -0.481 e. The lowest BCUT2D eigenvalue weighted by molar-refractivity contribution is -0.142. The molecule has 0 spiro atoms. The molecule has 3 rings (SSSR count). The third kappa shape index (κ3) is 4.27. The van der Waals surface area contributed by atoms with Gasteiger partial charge in [0.15, 0.2) is 0 Å². The van der Waals surface area contributed by atoms with Gasteiger partial charge in [-0.25, -0.2) is 0 Å². The van der Waals surface area contributed by atoms with Crippen molar-refractivity contribution in [2.45, 2.75) is 63.5 Å². The molecule has 1 aromatic rings. The summed E-state index contributed by atoms with van der Waals surface area (Å²) in [5.74, 6) is -0.111. The number of rotatable bonds is 5. The van der Waals surface area contributed by atoms with Gasteiger partial charge in [-0.2, -0.15) is 0 Å². The van der Waals surface area contributed by atoms with Crippen LogP contribution in [0.3, 0.4) is 0 Å². The molecule has 1 aromatic carbocycles. The molecule has 2 aliphatic rings. The predicted octanol–water partition coefficient (Wildman–Crippen LogP) is 4.80. The molecule has 3 nitrogen and oxygen atoms in total. The van der Waals surface area contributed by atoms with Crippen LogP contribution in [0.2, 0.25) is 5.02 Å². The molecule has 1 unspecified atom stereocenters. The maximum absolute atomic E-state index is 11.1. The van der Waals surface area contributed by atoms with Crippen LogP contribution < -0.4 is 5.32 Å². The number of hydrogen-bond acceptors (Lipinski definition) is 2. The van der Waals surface area contributed by atoms with Crippen molar-refractivity contribution in [1.82, 2.24) is 5.32 Å². The Labute approximate surface area is 143 Å². The first-order chi connectivity index (χ1) is 11.1. The Bertz CT molecular complexity index is 534. The number of carboxylic acid groups (broad SMARTS) is 1. The van der Waals surface area contributed by atoms with Crippen molar-refractivity contribution in [3.05, 3.63) is 34.9 Å². The predicted molar refractivity (Wildman–Crippen MR) is 92.7 cm³/mol. The van der Waals surface area contributed by atoms with Crippen molar-refractivity contribution >= 4 is 17.6 Å². The second-order valence-corrected chi connectivity index (χ2v) is 7.57. The van der Waals surface area contributed by atoms with E-state index in [0.29, 0.717) is 18.0 Å². The smallest absolute Gasteiger partial charge is 0.306 e. The van der Waals surface area contributed by atoms with E-state index >= 15 is 0 Å². The Morgan fingerprint density at radius 1 is 1.13 bits per heavy atom. The molecule has 0 aromatic heterocycles. The van der Waals surface area contributed by atoms with Gasteiger partial charge in [-0.05, 0) is 62.1 Å². The summed E-state index contributed by atoms with van der Waals surface area (Å²) in [5.41, 5.74) is 1.28. The summed E-state index contributed by atoms with van der Waals surface area (Å²) < 4.78 is 0. The highest BCUT2D eigenvalue weighted by molar-refractivity contribution is 6.30. The third-order valence-electron chi connectivity index (χ3n) is 5.57. The number of benzene rings is 1. The van der Waals surface area contributed by atoms with Crippen LogP contribution in [-0.2, 0) is 4.79 Å². The van der Waals surface area contributed by atoms with Gasteiger partial charge < -0.3 is 10.4 Å². The van der Waals surface area contributed by atoms with E-state index in [1.807, 2.05) is 12.1 Å². The van der Waals surface area contributed by atoms with E-state index in [0.717, 1.165) is 30.7 Å². The topological polar surface area (TPSA) is 49.3 Å². The molecular weight excluding hydrogens is 310 g/mol. The van der Waals surface area contributed by atoms with E-state index in [1.165, 1.54) is 31.2 Å². The highest BCUT2D eigenvalue weighted by Gasteiger charge is 2.31. The molecule has 126 valence electrons. The number of carbonyl (C=O) groups is 1. The molecule has 23 heavy (non-hydrogen) atoms. The van der Waals surface area contributed by atoms with Crippen molar-refractivity contribution in [3.8, 4) is 0 Å². The number of nitrogens with one attached hydrogen (secondary N) is 1. The van der Waals surface area contributed by atoms with Gasteiger partial charge >= 0.3 is 5.97 Å². The zero-order valence-corrected chi connectivity index (χ0v) is 14.3. The fourth-order valence-corrected chi connectivity index (χ4v) is 4.45. The van der Waals surface area contributed by atoms with Crippen LogP contribution in [0, 0.1) is 11.8 Å². The minimum absolute atomic E-state index is 0.149. The van der Waals surface area contributed by atoms with Gasteiger partial charge in [0.05, 0.1) is 5.92 Å². The standard InChI is InChI=1S/C19H26ClNO2/c20-16-7-3-6-15(12-16)18(13-4-1-2-5-13)21-17-10-8-14(9-11-17)19(22)23/h3,6-7,12-14,17-18,21H,1-2,4-5,8-11H2,(H,22,23). The lowest BCUT2D eigenvalue weighted by Gasteiger charge is -2.34. The van der Waals surface area contributed by atoms with Crippen molar-refractivity contribution in [2.24, 2.45) is 11.8 Å². The molecule has 0 bridgehead atoms. The maximum Gasteiger partial charge on any atom is 0.306 e. The van der Waals surface area contributed by atoms with E-state index in [1.54, 1.807) is 0 Å². The molecule has 2 N–H and O–H groups in total. The zero-order valence-electron chi connectivity index (χ0n) is 13.5. The Morgan fingerprint density at radius 3 is 2.43 bits per heavy atom. The van der Waals surface area contributed by atoms with Crippen LogP contribution in [0.15, 0.2) is 24.3 Å². The number of aliphatic carboxylic acids is 1. The molecule has 0 heterocycles. The molecule has 4 heteroatoms. The molecular formula is C19H26ClNO2. The fourth-order valence-electron chi connectivity index (χ4n) is 4.26. The largest absolute Gasteiger partial charge is 0.481 e. The number of carboxylic acids is 1. The van der Waals surface area contributed by atoms with Crippen LogP contribution in [0.4, 0.5) is 0 Å². The van der Waals surface area contributed by atoms with E-state index in [9.17, 15) is 4.79 Å². The first-order valence-electron chi connectivity index (χ1n) is 8.88. The highest BCUT2D eigenvalue weighted by Crippen LogP contribution is 2.38. The van der Waals surface area contributed by atoms with Crippen LogP contribution in [0.25, 0.3) is 0 Å². The molecule has 2 saturated carbocycles. The Morgan fingerprint density at radius 2 is 1.83 bits per heavy atom. The molecule has 0 amide bonds. The van der Waals surface area contributed by atoms with Crippen molar-refractivity contribution < 1.29 is 9.90 Å². The zero-order chi connectivity index (χ0) is 16.2. The van der Waals surface area contributed by atoms with Crippen molar-refractivity contribution in [3.63, 3.8) is 0 Å². The van der Waals surface area contributed by atoms with Gasteiger partial charge in [0.1, 0.15) is 0 Å². The van der Waals surface area contributed by atoms with E-state index in [4.69, 9.17) is 16.7 Å². The lowest BCUT2D eigenvalue weighted by Crippen LogP contribution is -2.39. The third-order valence-corrected chi connectivity index (χ3v) is 5.81. The molecule has 0 saturated heterocycles. The second-order valence-electron chi connectivity index (χ2n) is 7.13. The normalized spacial score (nSPS) is 27.0. The SMILES string of the molecule is O=C(O)C1CCC(NC(c2cccc(Cl)c2)C2CCCC2)CC1. The summed E-state index contributed by atoms with van der Waals surface area (Å²) in [6.07, 6.45) is 8.68. The molecule has 0 radical (unpaired) electrons. The Balaban J connectivity index is 1.68. The monoisotopic (exact) mass is 335 g/mol. The van der Waals surface area contributed by atoms with Crippen molar-refractivity contribution in [2.75, 3.05) is 0 Å². The van der Waals surface area contributed by atoms with Gasteiger partial charge in [-0.1, -0.05) is 36.6 Å². The van der Waals surface area contributed by atoms with Crippen LogP contribution in [-0.4, -0.2) is 17.1 Å². The van der Waals surface area contributed by atoms with E-state index < -0.39 is 5.97 Å². The summed E-state index contributed by atoms with van der Waals surface area (Å²) in [6, 6.07) is 8.99. The molecule has 2 aliphatic carbocycles. The van der Waals surface area contributed by atoms with Crippen LogP contribution >= 0.6 is 11.6 Å². The summed E-state index contributed by atoms with van der Waals surface area (Å²) in [4.78, 5) is 11.1. The average molecular weight is 336 g/mol. The molecule has 1 atom stereocenters. The van der Waals surface area contributed by atoms with Gasteiger partial charge in [0.25, 0.3) is 0 Å². The van der Waals surface area contributed by atoms with E-state index in [-0.39, 0.29) is 5.92 Å². The van der Waals surface area contributed by atoms with E-state index in [2.05, 4.69) is 17.4 Å². The van der Waals surface area contributed by atoms with Gasteiger partial charge in [0, 0.05) is 17.1 Å². The summed E-state index contributed by atoms with van der Waals surface area (Å²) in [6.45, 7) is 0. The number of halogens is 1. The van der Waals surface area contributed by atoms with Crippen LogP contribution in [0.5, 0.6) is 0 Å². The Kier molecular flexibility index (Phi) is 5.60. The minimum atomic E-state index is -0.634. The lowest BCUT2D eigenvalue weighted by atomic mass is 9.84. The average Bonchev–Trinajstić information content (AvgIpc) is 3.07. The first-order valence-corrected chi connectivity index (χ1v) is 9.25. The maximum atomic E-state index is 11.1.